The second kappa shape index (κ2) is 7.10. The molecule has 0 fully saturated rings. The van der Waals surface area contributed by atoms with Gasteiger partial charge >= 0.3 is 0 Å². The van der Waals surface area contributed by atoms with Crippen LogP contribution in [0.5, 0.6) is 0 Å². The normalized spacial score (nSPS) is 11.0. The Morgan fingerprint density at radius 3 is 2.17 bits per heavy atom. The summed E-state index contributed by atoms with van der Waals surface area (Å²) < 4.78 is 13.3. The Kier molecular flexibility index (Phi) is 4.91. The summed E-state index contributed by atoms with van der Waals surface area (Å²) in [6, 6.07) is 16.2. The summed E-state index contributed by atoms with van der Waals surface area (Å²) in [7, 11) is 0. The van der Waals surface area contributed by atoms with Gasteiger partial charge in [0, 0.05) is 16.7 Å². The number of nitrogens with zero attached hydrogens (tertiary/aromatic N) is 2. The van der Waals surface area contributed by atoms with Crippen molar-refractivity contribution in [2.24, 2.45) is 0 Å². The number of alkyl halides is 1. The number of rotatable bonds is 4. The van der Waals surface area contributed by atoms with Crippen molar-refractivity contribution in [3.05, 3.63) is 71.7 Å². The molecule has 0 aliphatic carbocycles. The van der Waals surface area contributed by atoms with Gasteiger partial charge in [0.25, 0.3) is 0 Å². The van der Waals surface area contributed by atoms with E-state index in [1.54, 1.807) is 12.1 Å². The van der Waals surface area contributed by atoms with Crippen LogP contribution in [-0.2, 0) is 5.88 Å². The van der Waals surface area contributed by atoms with Crippen LogP contribution in [0.3, 0.4) is 0 Å². The molecule has 3 aromatic rings. The van der Waals surface area contributed by atoms with E-state index in [9.17, 15) is 4.39 Å². The number of benzene rings is 2. The van der Waals surface area contributed by atoms with Crippen molar-refractivity contribution in [3.8, 4) is 22.6 Å². The maximum absolute atomic E-state index is 13.3. The van der Waals surface area contributed by atoms with Gasteiger partial charge in [-0.2, -0.15) is 0 Å². The lowest BCUT2D eigenvalue weighted by Gasteiger charge is -2.16. The van der Waals surface area contributed by atoms with Crippen LogP contribution >= 0.6 is 11.6 Å². The van der Waals surface area contributed by atoms with E-state index in [0.717, 1.165) is 28.1 Å². The maximum atomic E-state index is 13.3. The summed E-state index contributed by atoms with van der Waals surface area (Å²) in [6.07, 6.45) is 0. The van der Waals surface area contributed by atoms with Crippen molar-refractivity contribution in [1.82, 2.24) is 9.97 Å². The molecule has 0 bridgehead atoms. The topological polar surface area (TPSA) is 25.8 Å². The van der Waals surface area contributed by atoms with Crippen LogP contribution in [0.15, 0.2) is 54.6 Å². The lowest BCUT2D eigenvalue weighted by atomic mass is 9.99. The summed E-state index contributed by atoms with van der Waals surface area (Å²) in [5.41, 5.74) is 4.39. The SMILES string of the molecule is CC(C)c1nc(-c2ccccc2)nc(-c2ccc(F)cc2)c1CCl. The van der Waals surface area contributed by atoms with Gasteiger partial charge in [-0.05, 0) is 30.2 Å². The van der Waals surface area contributed by atoms with Crippen LogP contribution in [0.4, 0.5) is 4.39 Å². The highest BCUT2D eigenvalue weighted by atomic mass is 35.5. The summed E-state index contributed by atoms with van der Waals surface area (Å²) >= 11 is 6.21. The van der Waals surface area contributed by atoms with E-state index in [2.05, 4.69) is 13.8 Å². The van der Waals surface area contributed by atoms with E-state index in [4.69, 9.17) is 21.6 Å². The average Bonchev–Trinajstić information content (AvgIpc) is 2.62. The molecular formula is C20H18ClFN2. The van der Waals surface area contributed by atoms with Crippen molar-refractivity contribution < 1.29 is 4.39 Å². The molecule has 0 radical (unpaired) electrons. The monoisotopic (exact) mass is 340 g/mol. The van der Waals surface area contributed by atoms with E-state index >= 15 is 0 Å². The molecule has 0 saturated heterocycles. The lowest BCUT2D eigenvalue weighted by Crippen LogP contribution is -2.06. The Balaban J connectivity index is 2.25. The van der Waals surface area contributed by atoms with E-state index in [1.165, 1.54) is 12.1 Å². The molecule has 0 N–H and O–H groups in total. The third kappa shape index (κ3) is 3.31. The molecule has 0 aliphatic rings. The van der Waals surface area contributed by atoms with Gasteiger partial charge in [-0.1, -0.05) is 44.2 Å². The first-order chi connectivity index (χ1) is 11.6. The molecule has 122 valence electrons. The van der Waals surface area contributed by atoms with Gasteiger partial charge < -0.3 is 0 Å². The molecule has 2 nitrogen and oxygen atoms in total. The van der Waals surface area contributed by atoms with Gasteiger partial charge in [-0.3, -0.25) is 0 Å². The molecule has 0 atom stereocenters. The van der Waals surface area contributed by atoms with E-state index < -0.39 is 0 Å². The first kappa shape index (κ1) is 16.6. The minimum atomic E-state index is -0.271. The van der Waals surface area contributed by atoms with Crippen molar-refractivity contribution in [2.75, 3.05) is 0 Å². The molecule has 0 amide bonds. The molecule has 0 saturated carbocycles. The van der Waals surface area contributed by atoms with Gasteiger partial charge in [-0.25, -0.2) is 14.4 Å². The molecule has 3 rings (SSSR count). The largest absolute Gasteiger partial charge is 0.232 e. The van der Waals surface area contributed by atoms with E-state index in [-0.39, 0.29) is 11.7 Å². The van der Waals surface area contributed by atoms with Gasteiger partial charge in [-0.15, -0.1) is 11.6 Å². The summed E-state index contributed by atoms with van der Waals surface area (Å²) in [4.78, 5) is 9.49. The first-order valence-corrected chi connectivity index (χ1v) is 8.41. The Bertz CT molecular complexity index is 830. The van der Waals surface area contributed by atoms with Crippen LogP contribution in [0, 0.1) is 5.82 Å². The Morgan fingerprint density at radius 1 is 0.917 bits per heavy atom. The quantitative estimate of drug-likeness (QED) is 0.560. The van der Waals surface area contributed by atoms with Gasteiger partial charge in [0.2, 0.25) is 0 Å². The molecule has 1 heterocycles. The Hall–Kier alpha value is -2.26. The molecule has 24 heavy (non-hydrogen) atoms. The van der Waals surface area contributed by atoms with Crippen LogP contribution in [-0.4, -0.2) is 9.97 Å². The Morgan fingerprint density at radius 2 is 1.58 bits per heavy atom. The number of hydrogen-bond acceptors (Lipinski definition) is 2. The average molecular weight is 341 g/mol. The van der Waals surface area contributed by atoms with Crippen LogP contribution in [0.25, 0.3) is 22.6 Å². The fourth-order valence-electron chi connectivity index (χ4n) is 2.67. The molecule has 1 aromatic heterocycles. The summed E-state index contributed by atoms with van der Waals surface area (Å²) in [5.74, 6) is 0.915. The van der Waals surface area contributed by atoms with E-state index in [0.29, 0.717) is 11.7 Å². The molecule has 4 heteroatoms. The lowest BCUT2D eigenvalue weighted by molar-refractivity contribution is 0.628. The minimum absolute atomic E-state index is 0.211. The third-order valence-electron chi connectivity index (χ3n) is 3.87. The highest BCUT2D eigenvalue weighted by Crippen LogP contribution is 2.31. The van der Waals surface area contributed by atoms with Crippen LogP contribution in [0.1, 0.15) is 31.0 Å². The fourth-order valence-corrected chi connectivity index (χ4v) is 2.94. The molecule has 0 aliphatic heterocycles. The van der Waals surface area contributed by atoms with Crippen molar-refractivity contribution in [3.63, 3.8) is 0 Å². The van der Waals surface area contributed by atoms with Gasteiger partial charge in [0.15, 0.2) is 5.82 Å². The Labute approximate surface area is 146 Å². The molecule has 0 spiro atoms. The van der Waals surface area contributed by atoms with Crippen LogP contribution in [0.2, 0.25) is 0 Å². The summed E-state index contributed by atoms with van der Waals surface area (Å²) in [5, 5.41) is 0. The fraction of sp³-hybridized carbons (Fsp3) is 0.200. The zero-order valence-electron chi connectivity index (χ0n) is 13.6. The molecule has 0 unspecified atom stereocenters. The molecular weight excluding hydrogens is 323 g/mol. The predicted molar refractivity (Wildman–Crippen MR) is 96.5 cm³/mol. The van der Waals surface area contributed by atoms with Crippen LogP contribution < -0.4 is 0 Å². The standard InChI is InChI=1S/C20H18ClFN2/c1-13(2)18-17(12-21)19(14-8-10-16(22)11-9-14)24-20(23-18)15-6-4-3-5-7-15/h3-11,13H,12H2,1-2H3. The maximum Gasteiger partial charge on any atom is 0.160 e. The highest BCUT2D eigenvalue weighted by molar-refractivity contribution is 6.17. The smallest absolute Gasteiger partial charge is 0.160 e. The van der Waals surface area contributed by atoms with Crippen molar-refractivity contribution >= 4 is 11.6 Å². The highest BCUT2D eigenvalue weighted by Gasteiger charge is 2.18. The number of hydrogen-bond donors (Lipinski definition) is 0. The van der Waals surface area contributed by atoms with Gasteiger partial charge in [0.05, 0.1) is 17.3 Å². The third-order valence-corrected chi connectivity index (χ3v) is 4.14. The summed E-state index contributed by atoms with van der Waals surface area (Å²) in [6.45, 7) is 4.17. The second-order valence-corrected chi connectivity index (χ2v) is 6.19. The molecule has 2 aromatic carbocycles. The zero-order chi connectivity index (χ0) is 17.1. The predicted octanol–water partition coefficient (Wildman–Crippen LogP) is 5.81. The number of aromatic nitrogens is 2. The number of halogens is 2. The van der Waals surface area contributed by atoms with Crippen molar-refractivity contribution in [2.45, 2.75) is 25.6 Å². The second-order valence-electron chi connectivity index (χ2n) is 5.92. The van der Waals surface area contributed by atoms with E-state index in [1.807, 2.05) is 30.3 Å². The minimum Gasteiger partial charge on any atom is -0.232 e. The van der Waals surface area contributed by atoms with Crippen molar-refractivity contribution in [1.29, 1.82) is 0 Å². The van der Waals surface area contributed by atoms with Gasteiger partial charge in [0.1, 0.15) is 5.82 Å². The zero-order valence-corrected chi connectivity index (χ0v) is 14.4. The first-order valence-electron chi connectivity index (χ1n) is 7.88.